The van der Waals surface area contributed by atoms with Gasteiger partial charge in [-0.15, -0.1) is 0 Å². The SMILES string of the molecule is CCC(C)(C)C(=O)OC1COCC1=O. The van der Waals surface area contributed by atoms with Crippen LogP contribution in [0, 0.1) is 5.41 Å². The zero-order valence-electron chi connectivity index (χ0n) is 8.83. The van der Waals surface area contributed by atoms with E-state index < -0.39 is 11.5 Å². The van der Waals surface area contributed by atoms with Crippen LogP contribution < -0.4 is 0 Å². The number of rotatable bonds is 3. The molecule has 14 heavy (non-hydrogen) atoms. The van der Waals surface area contributed by atoms with Crippen molar-refractivity contribution in [1.29, 1.82) is 0 Å². The minimum absolute atomic E-state index is 0.0600. The third-order valence-corrected chi connectivity index (χ3v) is 2.56. The largest absolute Gasteiger partial charge is 0.451 e. The molecule has 0 N–H and O–H groups in total. The summed E-state index contributed by atoms with van der Waals surface area (Å²) in [5.74, 6) is -0.478. The van der Waals surface area contributed by atoms with Gasteiger partial charge in [-0.25, -0.2) is 0 Å². The molecule has 1 heterocycles. The second kappa shape index (κ2) is 4.09. The molecule has 4 nitrogen and oxygen atoms in total. The first kappa shape index (κ1) is 11.2. The number of hydrogen-bond donors (Lipinski definition) is 0. The Morgan fingerprint density at radius 3 is 2.71 bits per heavy atom. The monoisotopic (exact) mass is 200 g/mol. The van der Waals surface area contributed by atoms with Crippen LogP contribution in [-0.2, 0) is 19.1 Å². The summed E-state index contributed by atoms with van der Waals surface area (Å²) in [6, 6.07) is 0. The second-order valence-corrected chi connectivity index (χ2v) is 4.11. The minimum Gasteiger partial charge on any atom is -0.451 e. The van der Waals surface area contributed by atoms with Gasteiger partial charge in [0.05, 0.1) is 12.0 Å². The van der Waals surface area contributed by atoms with Gasteiger partial charge in [-0.05, 0) is 20.3 Å². The molecule has 0 amide bonds. The quantitative estimate of drug-likeness (QED) is 0.636. The molecule has 0 aromatic rings. The van der Waals surface area contributed by atoms with Gasteiger partial charge >= 0.3 is 5.97 Å². The van der Waals surface area contributed by atoms with E-state index >= 15 is 0 Å². The Morgan fingerprint density at radius 2 is 2.29 bits per heavy atom. The summed E-state index contributed by atoms with van der Waals surface area (Å²) in [4.78, 5) is 22.7. The molecule has 4 heteroatoms. The lowest BCUT2D eigenvalue weighted by Gasteiger charge is -2.21. The fraction of sp³-hybridized carbons (Fsp3) is 0.800. The molecule has 80 valence electrons. The van der Waals surface area contributed by atoms with Gasteiger partial charge in [0.2, 0.25) is 5.78 Å². The molecule has 0 bridgehead atoms. The van der Waals surface area contributed by atoms with Crippen molar-refractivity contribution in [2.24, 2.45) is 5.41 Å². The van der Waals surface area contributed by atoms with Gasteiger partial charge in [-0.3, -0.25) is 9.59 Å². The number of esters is 1. The van der Waals surface area contributed by atoms with Crippen LogP contribution in [0.2, 0.25) is 0 Å². The summed E-state index contributed by atoms with van der Waals surface area (Å²) in [5, 5.41) is 0. The Balaban J connectivity index is 2.52. The summed E-state index contributed by atoms with van der Waals surface area (Å²) in [6.07, 6.45) is 0.00136. The van der Waals surface area contributed by atoms with Crippen molar-refractivity contribution in [1.82, 2.24) is 0 Å². The van der Waals surface area contributed by atoms with E-state index in [1.807, 2.05) is 6.92 Å². The van der Waals surface area contributed by atoms with Crippen molar-refractivity contribution in [3.05, 3.63) is 0 Å². The van der Waals surface area contributed by atoms with Gasteiger partial charge in [0.25, 0.3) is 0 Å². The first-order valence-corrected chi connectivity index (χ1v) is 4.79. The zero-order valence-corrected chi connectivity index (χ0v) is 8.83. The lowest BCUT2D eigenvalue weighted by Crippen LogP contribution is -2.33. The van der Waals surface area contributed by atoms with Crippen LogP contribution in [-0.4, -0.2) is 31.1 Å². The van der Waals surface area contributed by atoms with E-state index in [2.05, 4.69) is 0 Å². The first-order valence-electron chi connectivity index (χ1n) is 4.79. The summed E-state index contributed by atoms with van der Waals surface area (Å²) in [5.41, 5.74) is -0.525. The Bertz CT molecular complexity index is 245. The normalized spacial score (nSPS) is 22.5. The Kier molecular flexibility index (Phi) is 3.26. The van der Waals surface area contributed by atoms with Gasteiger partial charge in [-0.2, -0.15) is 0 Å². The molecule has 0 saturated carbocycles. The molecule has 0 aromatic heterocycles. The third-order valence-electron chi connectivity index (χ3n) is 2.56. The van der Waals surface area contributed by atoms with E-state index in [1.54, 1.807) is 13.8 Å². The van der Waals surface area contributed by atoms with Crippen LogP contribution in [0.4, 0.5) is 0 Å². The highest BCUT2D eigenvalue weighted by molar-refractivity contribution is 5.88. The zero-order chi connectivity index (χ0) is 10.8. The number of Topliss-reactive ketones (excluding diaryl/α,β-unsaturated/α-hetero) is 1. The standard InChI is InChI=1S/C10H16O4/c1-4-10(2,3)9(12)14-8-6-13-5-7(8)11/h8H,4-6H2,1-3H3. The highest BCUT2D eigenvalue weighted by atomic mass is 16.6. The van der Waals surface area contributed by atoms with Crippen molar-refractivity contribution in [2.45, 2.75) is 33.3 Å². The lowest BCUT2D eigenvalue weighted by atomic mass is 9.90. The molecule has 1 saturated heterocycles. The average Bonchev–Trinajstić information content (AvgIpc) is 2.52. The van der Waals surface area contributed by atoms with Gasteiger partial charge < -0.3 is 9.47 Å². The van der Waals surface area contributed by atoms with Crippen molar-refractivity contribution >= 4 is 11.8 Å². The van der Waals surface area contributed by atoms with Crippen molar-refractivity contribution in [3.63, 3.8) is 0 Å². The molecule has 0 aromatic carbocycles. The number of ketones is 1. The first-order chi connectivity index (χ1) is 6.47. The second-order valence-electron chi connectivity index (χ2n) is 4.11. The maximum absolute atomic E-state index is 11.6. The van der Waals surface area contributed by atoms with Crippen LogP contribution in [0.3, 0.4) is 0 Å². The van der Waals surface area contributed by atoms with Gasteiger partial charge in [0.1, 0.15) is 6.61 Å². The number of ether oxygens (including phenoxy) is 2. The van der Waals surface area contributed by atoms with Gasteiger partial charge in [-0.1, -0.05) is 6.92 Å². The summed E-state index contributed by atoms with van der Waals surface area (Å²) >= 11 is 0. The van der Waals surface area contributed by atoms with Gasteiger partial charge in [0, 0.05) is 0 Å². The molecule has 0 spiro atoms. The van der Waals surface area contributed by atoms with E-state index in [0.29, 0.717) is 6.42 Å². The molecule has 1 fully saturated rings. The van der Waals surface area contributed by atoms with Crippen molar-refractivity contribution in [3.8, 4) is 0 Å². The smallest absolute Gasteiger partial charge is 0.312 e. The lowest BCUT2D eigenvalue weighted by molar-refractivity contribution is -0.162. The molecular formula is C10H16O4. The summed E-state index contributed by atoms with van der Waals surface area (Å²) in [7, 11) is 0. The highest BCUT2D eigenvalue weighted by Crippen LogP contribution is 2.23. The van der Waals surface area contributed by atoms with E-state index in [9.17, 15) is 9.59 Å². The van der Waals surface area contributed by atoms with Crippen LogP contribution in [0.1, 0.15) is 27.2 Å². The summed E-state index contributed by atoms with van der Waals surface area (Å²) < 4.78 is 9.96. The molecule has 1 aliphatic heterocycles. The number of carbonyl (C=O) groups is 2. The molecule has 1 unspecified atom stereocenters. The molecule has 0 radical (unpaired) electrons. The fourth-order valence-electron chi connectivity index (χ4n) is 0.985. The Morgan fingerprint density at radius 1 is 1.64 bits per heavy atom. The highest BCUT2D eigenvalue weighted by Gasteiger charge is 2.34. The van der Waals surface area contributed by atoms with Crippen LogP contribution >= 0.6 is 0 Å². The maximum Gasteiger partial charge on any atom is 0.312 e. The summed E-state index contributed by atoms with van der Waals surface area (Å²) in [6.45, 7) is 5.77. The van der Waals surface area contributed by atoms with Crippen LogP contribution in [0.25, 0.3) is 0 Å². The van der Waals surface area contributed by atoms with E-state index in [0.717, 1.165) is 0 Å². The average molecular weight is 200 g/mol. The van der Waals surface area contributed by atoms with Crippen LogP contribution in [0.5, 0.6) is 0 Å². The van der Waals surface area contributed by atoms with E-state index in [-0.39, 0.29) is 25.0 Å². The molecule has 0 aliphatic carbocycles. The number of hydrogen-bond acceptors (Lipinski definition) is 4. The van der Waals surface area contributed by atoms with Gasteiger partial charge in [0.15, 0.2) is 6.10 Å². The topological polar surface area (TPSA) is 52.6 Å². The Labute approximate surface area is 83.6 Å². The van der Waals surface area contributed by atoms with Crippen molar-refractivity contribution < 1.29 is 19.1 Å². The molecule has 1 aliphatic rings. The van der Waals surface area contributed by atoms with Crippen LogP contribution in [0.15, 0.2) is 0 Å². The Hall–Kier alpha value is -0.900. The predicted molar refractivity (Wildman–Crippen MR) is 49.8 cm³/mol. The van der Waals surface area contributed by atoms with Crippen molar-refractivity contribution in [2.75, 3.05) is 13.2 Å². The third kappa shape index (κ3) is 2.32. The predicted octanol–water partition coefficient (Wildman–Crippen LogP) is 0.934. The van der Waals surface area contributed by atoms with E-state index in [4.69, 9.17) is 9.47 Å². The molecular weight excluding hydrogens is 184 g/mol. The molecule has 1 atom stereocenters. The fourth-order valence-corrected chi connectivity index (χ4v) is 0.985. The molecule has 1 rings (SSSR count). The minimum atomic E-state index is -0.687. The van der Waals surface area contributed by atoms with E-state index in [1.165, 1.54) is 0 Å². The maximum atomic E-state index is 11.6. The number of carbonyl (C=O) groups excluding carboxylic acids is 2.